The minimum absolute atomic E-state index is 0.783. The average Bonchev–Trinajstić information content (AvgIpc) is 2.50. The molecule has 1 heterocycles. The summed E-state index contributed by atoms with van der Waals surface area (Å²) in [5.41, 5.74) is 2.68. The fraction of sp³-hybridized carbons (Fsp3) is 0.625. The summed E-state index contributed by atoms with van der Waals surface area (Å²) in [5, 5.41) is 0. The minimum atomic E-state index is 0.783. The molecule has 0 saturated carbocycles. The highest BCUT2D eigenvalue weighted by molar-refractivity contribution is 9.10. The summed E-state index contributed by atoms with van der Waals surface area (Å²) in [7, 11) is 2.14. The van der Waals surface area contributed by atoms with Crippen LogP contribution in [0.5, 0.6) is 0 Å². The Labute approximate surface area is 136 Å². The number of likely N-dealkylation sites (N-methyl/N-ethyl adjacent to an activating group) is 1. The fourth-order valence-electron chi connectivity index (χ4n) is 2.50. The highest BCUT2D eigenvalue weighted by Gasteiger charge is 2.16. The van der Waals surface area contributed by atoms with Crippen molar-refractivity contribution in [3.8, 4) is 0 Å². The molecule has 1 aliphatic rings. The molecule has 0 N–H and O–H groups in total. The van der Waals surface area contributed by atoms with Crippen LogP contribution in [-0.2, 0) is 16.0 Å². The van der Waals surface area contributed by atoms with Gasteiger partial charge in [-0.25, -0.2) is 0 Å². The Kier molecular flexibility index (Phi) is 6.96. The zero-order valence-corrected chi connectivity index (χ0v) is 14.6. The molecule has 0 aliphatic carbocycles. The van der Waals surface area contributed by atoms with Crippen LogP contribution in [0.25, 0.3) is 0 Å². The summed E-state index contributed by atoms with van der Waals surface area (Å²) in [6.07, 6.45) is 0. The molecule has 1 aromatic rings. The van der Waals surface area contributed by atoms with Crippen molar-refractivity contribution in [1.29, 1.82) is 0 Å². The number of ether oxygens (including phenoxy) is 2. The van der Waals surface area contributed by atoms with Crippen LogP contribution < -0.4 is 4.90 Å². The molecule has 0 atom stereocenters. The van der Waals surface area contributed by atoms with E-state index in [2.05, 4.69) is 51.0 Å². The second-order valence-electron chi connectivity index (χ2n) is 5.31. The van der Waals surface area contributed by atoms with Crippen molar-refractivity contribution in [1.82, 2.24) is 4.90 Å². The summed E-state index contributed by atoms with van der Waals surface area (Å²) in [6.45, 7) is 9.04. The molecule has 1 aromatic carbocycles. The third-order valence-electron chi connectivity index (χ3n) is 3.66. The second kappa shape index (κ2) is 8.73. The van der Waals surface area contributed by atoms with Crippen LogP contribution >= 0.6 is 15.9 Å². The summed E-state index contributed by atoms with van der Waals surface area (Å²) in [6, 6.07) is 6.55. The van der Waals surface area contributed by atoms with Gasteiger partial charge in [-0.3, -0.25) is 4.90 Å². The van der Waals surface area contributed by atoms with Crippen molar-refractivity contribution >= 4 is 21.6 Å². The molecule has 0 spiro atoms. The number of hydrogen-bond donors (Lipinski definition) is 0. The van der Waals surface area contributed by atoms with Crippen LogP contribution in [0.15, 0.2) is 22.7 Å². The first-order valence-corrected chi connectivity index (χ1v) is 8.37. The van der Waals surface area contributed by atoms with Crippen molar-refractivity contribution in [2.24, 2.45) is 0 Å². The molecule has 0 amide bonds. The lowest BCUT2D eigenvalue weighted by Gasteiger charge is -2.31. The highest BCUT2D eigenvalue weighted by Crippen LogP contribution is 2.27. The zero-order valence-electron chi connectivity index (χ0n) is 13.0. The van der Waals surface area contributed by atoms with Gasteiger partial charge in [0.15, 0.2) is 0 Å². The Morgan fingerprint density at radius 3 is 2.81 bits per heavy atom. The van der Waals surface area contributed by atoms with Gasteiger partial charge in [-0.05, 0) is 31.7 Å². The molecule has 1 fully saturated rings. The van der Waals surface area contributed by atoms with Crippen LogP contribution in [0.3, 0.4) is 0 Å². The van der Waals surface area contributed by atoms with Crippen LogP contribution in [-0.4, -0.2) is 58.0 Å². The van der Waals surface area contributed by atoms with Crippen LogP contribution in [0.2, 0.25) is 0 Å². The van der Waals surface area contributed by atoms with E-state index in [9.17, 15) is 0 Å². The number of morpholine rings is 1. The third-order valence-corrected chi connectivity index (χ3v) is 4.15. The fourth-order valence-corrected chi connectivity index (χ4v) is 2.85. The van der Waals surface area contributed by atoms with E-state index in [1.807, 2.05) is 6.92 Å². The van der Waals surface area contributed by atoms with Gasteiger partial charge < -0.3 is 14.4 Å². The summed E-state index contributed by atoms with van der Waals surface area (Å²) in [4.78, 5) is 4.73. The first-order chi connectivity index (χ1) is 10.2. The van der Waals surface area contributed by atoms with Crippen molar-refractivity contribution in [2.45, 2.75) is 13.5 Å². The Bertz CT molecular complexity index is 436. The molecule has 0 aromatic heterocycles. The molecule has 1 saturated heterocycles. The first-order valence-electron chi connectivity index (χ1n) is 7.58. The Morgan fingerprint density at radius 1 is 1.33 bits per heavy atom. The zero-order chi connectivity index (χ0) is 15.1. The van der Waals surface area contributed by atoms with E-state index >= 15 is 0 Å². The summed E-state index contributed by atoms with van der Waals surface area (Å²) < 4.78 is 12.0. The molecular weight excluding hydrogens is 332 g/mol. The van der Waals surface area contributed by atoms with Crippen LogP contribution in [0.4, 0.5) is 5.69 Å². The van der Waals surface area contributed by atoms with Crippen molar-refractivity contribution in [3.05, 3.63) is 28.2 Å². The van der Waals surface area contributed by atoms with Gasteiger partial charge in [-0.15, -0.1) is 0 Å². The standard InChI is InChI=1S/C16H25BrN2O2/c1-3-20-9-6-18(2)13-14-4-5-15(17)12-16(14)19-7-10-21-11-8-19/h4-5,12H,3,6-11,13H2,1-2H3. The second-order valence-corrected chi connectivity index (χ2v) is 6.22. The van der Waals surface area contributed by atoms with Crippen LogP contribution in [0.1, 0.15) is 12.5 Å². The lowest BCUT2D eigenvalue weighted by Crippen LogP contribution is -2.37. The first kappa shape index (κ1) is 16.7. The van der Waals surface area contributed by atoms with Gasteiger partial charge in [0.1, 0.15) is 0 Å². The van der Waals surface area contributed by atoms with Gasteiger partial charge in [0, 0.05) is 42.9 Å². The largest absolute Gasteiger partial charge is 0.380 e. The van der Waals surface area contributed by atoms with E-state index in [1.54, 1.807) is 0 Å². The maximum Gasteiger partial charge on any atom is 0.0642 e. The smallest absolute Gasteiger partial charge is 0.0642 e. The lowest BCUT2D eigenvalue weighted by molar-refractivity contribution is 0.119. The maximum atomic E-state index is 5.46. The molecule has 4 nitrogen and oxygen atoms in total. The van der Waals surface area contributed by atoms with E-state index in [0.29, 0.717) is 0 Å². The molecule has 0 radical (unpaired) electrons. The van der Waals surface area contributed by atoms with E-state index < -0.39 is 0 Å². The number of hydrogen-bond acceptors (Lipinski definition) is 4. The summed E-state index contributed by atoms with van der Waals surface area (Å²) >= 11 is 3.59. The van der Waals surface area contributed by atoms with Crippen molar-refractivity contribution in [2.75, 3.05) is 58.0 Å². The Morgan fingerprint density at radius 2 is 2.10 bits per heavy atom. The van der Waals surface area contributed by atoms with Gasteiger partial charge in [0.25, 0.3) is 0 Å². The lowest BCUT2D eigenvalue weighted by atomic mass is 10.1. The predicted octanol–water partition coefficient (Wildman–Crippen LogP) is 2.75. The molecule has 118 valence electrons. The molecule has 2 rings (SSSR count). The minimum Gasteiger partial charge on any atom is -0.380 e. The molecule has 5 heteroatoms. The van der Waals surface area contributed by atoms with Crippen molar-refractivity contribution < 1.29 is 9.47 Å². The van der Waals surface area contributed by atoms with E-state index in [1.165, 1.54) is 11.3 Å². The average molecular weight is 357 g/mol. The van der Waals surface area contributed by atoms with Gasteiger partial charge in [0.05, 0.1) is 19.8 Å². The SMILES string of the molecule is CCOCCN(C)Cc1ccc(Br)cc1N1CCOCC1. The van der Waals surface area contributed by atoms with Gasteiger partial charge in [-0.1, -0.05) is 22.0 Å². The van der Waals surface area contributed by atoms with Gasteiger partial charge in [-0.2, -0.15) is 0 Å². The Balaban J connectivity index is 2.03. The van der Waals surface area contributed by atoms with Gasteiger partial charge in [0.2, 0.25) is 0 Å². The number of anilines is 1. The summed E-state index contributed by atoms with van der Waals surface area (Å²) in [5.74, 6) is 0. The van der Waals surface area contributed by atoms with Crippen LogP contribution in [0, 0.1) is 0 Å². The molecule has 0 unspecified atom stereocenters. The molecule has 1 aliphatic heterocycles. The quantitative estimate of drug-likeness (QED) is 0.701. The normalized spacial score (nSPS) is 15.7. The topological polar surface area (TPSA) is 24.9 Å². The Hall–Kier alpha value is -0.620. The molecule has 21 heavy (non-hydrogen) atoms. The predicted molar refractivity (Wildman–Crippen MR) is 90.0 cm³/mol. The van der Waals surface area contributed by atoms with Gasteiger partial charge >= 0.3 is 0 Å². The number of benzene rings is 1. The monoisotopic (exact) mass is 356 g/mol. The van der Waals surface area contributed by atoms with Crippen molar-refractivity contribution in [3.63, 3.8) is 0 Å². The maximum absolute atomic E-state index is 5.46. The highest BCUT2D eigenvalue weighted by atomic mass is 79.9. The molecule has 0 bridgehead atoms. The number of halogens is 1. The molecular formula is C16H25BrN2O2. The number of rotatable bonds is 7. The third kappa shape index (κ3) is 5.25. The number of nitrogens with zero attached hydrogens (tertiary/aromatic N) is 2. The van der Waals surface area contributed by atoms with E-state index in [-0.39, 0.29) is 0 Å². The van der Waals surface area contributed by atoms with E-state index in [4.69, 9.17) is 9.47 Å². The van der Waals surface area contributed by atoms with E-state index in [0.717, 1.165) is 57.1 Å².